The molecule has 1 aromatic rings. The van der Waals surface area contributed by atoms with Crippen molar-refractivity contribution in [2.24, 2.45) is 0 Å². The topological polar surface area (TPSA) is 12.0 Å². The summed E-state index contributed by atoms with van der Waals surface area (Å²) < 4.78 is 1.64. The predicted molar refractivity (Wildman–Crippen MR) is 65.9 cm³/mol. The summed E-state index contributed by atoms with van der Waals surface area (Å²) in [5.41, 5.74) is 0. The molecule has 76 valence electrons. The molecule has 1 N–H and O–H groups in total. The summed E-state index contributed by atoms with van der Waals surface area (Å²) in [4.78, 5) is 1.38. The second-order valence-corrected chi connectivity index (χ2v) is 6.23. The van der Waals surface area contributed by atoms with Gasteiger partial charge in [-0.25, -0.2) is 0 Å². The molecule has 0 atom stereocenters. The molecule has 0 aliphatic heterocycles. The van der Waals surface area contributed by atoms with Gasteiger partial charge in [0.15, 0.2) is 0 Å². The number of benzene rings is 1. The minimum absolute atomic E-state index is 0.489. The van der Waals surface area contributed by atoms with Crippen LogP contribution in [0.3, 0.4) is 0 Å². The molecular weight excluding hydrogens is 258 g/mol. The fourth-order valence-electron chi connectivity index (χ4n) is 1.53. The van der Waals surface area contributed by atoms with Crippen LogP contribution in [0.25, 0.3) is 0 Å². The fraction of sp³-hybridized carbons (Fsp3) is 0.455. The van der Waals surface area contributed by atoms with Crippen molar-refractivity contribution in [3.63, 3.8) is 0 Å². The molecule has 14 heavy (non-hydrogen) atoms. The van der Waals surface area contributed by atoms with Crippen molar-refractivity contribution in [2.45, 2.75) is 22.5 Å². The van der Waals surface area contributed by atoms with Gasteiger partial charge >= 0.3 is 0 Å². The lowest BCUT2D eigenvalue weighted by molar-refractivity contribution is 0.752. The highest BCUT2D eigenvalue weighted by molar-refractivity contribution is 9.10. The Bertz CT molecular complexity index is 306. The van der Waals surface area contributed by atoms with E-state index in [1.54, 1.807) is 0 Å². The Morgan fingerprint density at radius 2 is 2.00 bits per heavy atom. The first-order valence-electron chi connectivity index (χ1n) is 4.83. The van der Waals surface area contributed by atoms with E-state index in [9.17, 15) is 0 Å². The van der Waals surface area contributed by atoms with Gasteiger partial charge < -0.3 is 5.32 Å². The molecule has 0 unspecified atom stereocenters. The maximum atomic E-state index is 3.45. The second-order valence-electron chi connectivity index (χ2n) is 3.77. The van der Waals surface area contributed by atoms with Crippen LogP contribution in [0.5, 0.6) is 0 Å². The summed E-state index contributed by atoms with van der Waals surface area (Å²) in [6.07, 6.45) is 2.68. The standard InChI is InChI=1S/C11H14BrNS/c1-13-8-11(6-7-11)14-10-4-2-9(12)3-5-10/h2-5,13H,6-8H2,1H3. The summed E-state index contributed by atoms with van der Waals surface area (Å²) in [6.45, 7) is 1.12. The van der Waals surface area contributed by atoms with Gasteiger partial charge in [0.1, 0.15) is 0 Å². The molecule has 1 aromatic carbocycles. The molecule has 0 amide bonds. The molecule has 0 spiro atoms. The summed E-state index contributed by atoms with van der Waals surface area (Å²) in [7, 11) is 2.03. The molecule has 0 aromatic heterocycles. The van der Waals surface area contributed by atoms with E-state index >= 15 is 0 Å². The van der Waals surface area contributed by atoms with Crippen LogP contribution in [-0.4, -0.2) is 18.3 Å². The van der Waals surface area contributed by atoms with Gasteiger partial charge in [0.05, 0.1) is 0 Å². The Morgan fingerprint density at radius 1 is 1.36 bits per heavy atom. The average molecular weight is 272 g/mol. The van der Waals surface area contributed by atoms with Gasteiger partial charge in [0.25, 0.3) is 0 Å². The number of nitrogens with one attached hydrogen (secondary N) is 1. The van der Waals surface area contributed by atoms with Gasteiger partial charge in [-0.15, -0.1) is 11.8 Å². The molecule has 1 nitrogen and oxygen atoms in total. The lowest BCUT2D eigenvalue weighted by Crippen LogP contribution is -2.21. The van der Waals surface area contributed by atoms with E-state index in [0.29, 0.717) is 4.75 Å². The smallest absolute Gasteiger partial charge is 0.0332 e. The normalized spacial score (nSPS) is 18.1. The van der Waals surface area contributed by atoms with E-state index in [4.69, 9.17) is 0 Å². The average Bonchev–Trinajstić information content (AvgIpc) is 2.90. The molecule has 0 heterocycles. The molecule has 0 saturated heterocycles. The summed E-state index contributed by atoms with van der Waals surface area (Å²) in [6, 6.07) is 8.59. The minimum atomic E-state index is 0.489. The summed E-state index contributed by atoms with van der Waals surface area (Å²) in [5, 5.41) is 3.27. The first kappa shape index (κ1) is 10.5. The van der Waals surface area contributed by atoms with Gasteiger partial charge in [-0.2, -0.15) is 0 Å². The SMILES string of the molecule is CNCC1(Sc2ccc(Br)cc2)CC1. The van der Waals surface area contributed by atoms with Crippen molar-refractivity contribution < 1.29 is 0 Å². The maximum absolute atomic E-state index is 3.45. The highest BCUT2D eigenvalue weighted by Gasteiger charge is 2.42. The molecule has 0 bridgehead atoms. The van der Waals surface area contributed by atoms with Gasteiger partial charge in [-0.3, -0.25) is 0 Å². The van der Waals surface area contributed by atoms with Crippen LogP contribution >= 0.6 is 27.7 Å². The van der Waals surface area contributed by atoms with Gasteiger partial charge in [-0.1, -0.05) is 15.9 Å². The molecule has 1 fully saturated rings. The Labute approximate surface area is 97.8 Å². The van der Waals surface area contributed by atoms with Crippen LogP contribution in [0.2, 0.25) is 0 Å². The van der Waals surface area contributed by atoms with Gasteiger partial charge in [0.2, 0.25) is 0 Å². The third-order valence-corrected chi connectivity index (χ3v) is 4.48. The van der Waals surface area contributed by atoms with Gasteiger partial charge in [-0.05, 0) is 44.2 Å². The molecule has 3 heteroatoms. The highest BCUT2D eigenvalue weighted by Crippen LogP contribution is 2.51. The molecule has 1 aliphatic carbocycles. The number of hydrogen-bond acceptors (Lipinski definition) is 2. The quantitative estimate of drug-likeness (QED) is 0.902. The van der Waals surface area contributed by atoms with Crippen molar-refractivity contribution in [2.75, 3.05) is 13.6 Å². The van der Waals surface area contributed by atoms with Crippen molar-refractivity contribution in [1.82, 2.24) is 5.32 Å². The zero-order valence-corrected chi connectivity index (χ0v) is 10.6. The Hall–Kier alpha value is 0.01000. The van der Waals surface area contributed by atoms with Gasteiger partial charge in [0, 0.05) is 20.7 Å². The van der Waals surface area contributed by atoms with Crippen molar-refractivity contribution in [3.8, 4) is 0 Å². The summed E-state index contributed by atoms with van der Waals surface area (Å²) in [5.74, 6) is 0. The molecule has 0 radical (unpaired) electrons. The van der Waals surface area contributed by atoms with Crippen LogP contribution < -0.4 is 5.32 Å². The Balaban J connectivity index is 2.00. The van der Waals surface area contributed by atoms with Crippen LogP contribution in [0.4, 0.5) is 0 Å². The molecule has 2 rings (SSSR count). The van der Waals surface area contributed by atoms with E-state index in [1.807, 2.05) is 18.8 Å². The van der Waals surface area contributed by atoms with Crippen molar-refractivity contribution >= 4 is 27.7 Å². The zero-order valence-electron chi connectivity index (χ0n) is 8.22. The van der Waals surface area contributed by atoms with Crippen LogP contribution in [-0.2, 0) is 0 Å². The number of halogens is 1. The Kier molecular flexibility index (Phi) is 3.20. The Morgan fingerprint density at radius 3 is 2.50 bits per heavy atom. The first-order chi connectivity index (χ1) is 6.74. The molecule has 1 aliphatic rings. The lowest BCUT2D eigenvalue weighted by atomic mass is 10.4. The van der Waals surface area contributed by atoms with E-state index in [0.717, 1.165) is 11.0 Å². The van der Waals surface area contributed by atoms with Crippen molar-refractivity contribution in [1.29, 1.82) is 0 Å². The number of thioether (sulfide) groups is 1. The largest absolute Gasteiger partial charge is 0.318 e. The van der Waals surface area contributed by atoms with E-state index in [-0.39, 0.29) is 0 Å². The second kappa shape index (κ2) is 4.25. The van der Waals surface area contributed by atoms with Crippen LogP contribution in [0.15, 0.2) is 33.6 Å². The monoisotopic (exact) mass is 271 g/mol. The third kappa shape index (κ3) is 2.53. The van der Waals surface area contributed by atoms with Crippen molar-refractivity contribution in [3.05, 3.63) is 28.7 Å². The van der Waals surface area contributed by atoms with E-state index in [2.05, 4.69) is 45.5 Å². The number of rotatable bonds is 4. The molecular formula is C11H14BrNS. The zero-order chi connectivity index (χ0) is 10.0. The van der Waals surface area contributed by atoms with Crippen LogP contribution in [0, 0.1) is 0 Å². The maximum Gasteiger partial charge on any atom is 0.0332 e. The van der Waals surface area contributed by atoms with Crippen LogP contribution in [0.1, 0.15) is 12.8 Å². The highest BCUT2D eigenvalue weighted by atomic mass is 79.9. The number of hydrogen-bond donors (Lipinski definition) is 1. The third-order valence-electron chi connectivity index (χ3n) is 2.45. The summed E-state index contributed by atoms with van der Waals surface area (Å²) >= 11 is 5.46. The molecule has 1 saturated carbocycles. The first-order valence-corrected chi connectivity index (χ1v) is 6.44. The predicted octanol–water partition coefficient (Wildman–Crippen LogP) is 3.29. The lowest BCUT2D eigenvalue weighted by Gasteiger charge is -2.13. The van der Waals surface area contributed by atoms with E-state index in [1.165, 1.54) is 17.7 Å². The van der Waals surface area contributed by atoms with E-state index < -0.39 is 0 Å². The fourth-order valence-corrected chi connectivity index (χ4v) is 3.09. The minimum Gasteiger partial charge on any atom is -0.318 e.